The largest absolute Gasteiger partial charge is 0.395 e. The maximum absolute atomic E-state index is 12.0. The normalized spacial score (nSPS) is 21.9. The number of nitrogens with one attached hydrogen (secondary N) is 1. The van der Waals surface area contributed by atoms with Crippen LogP contribution in [-0.2, 0) is 4.79 Å². The van der Waals surface area contributed by atoms with Gasteiger partial charge in [0.25, 0.3) is 0 Å². The van der Waals surface area contributed by atoms with E-state index in [2.05, 4.69) is 31.0 Å². The summed E-state index contributed by atoms with van der Waals surface area (Å²) in [5.41, 5.74) is 0. The summed E-state index contributed by atoms with van der Waals surface area (Å²) in [4.78, 5) is 14.2. The number of nitrogens with zero attached hydrogens (tertiary/aromatic N) is 1. The Kier molecular flexibility index (Phi) is 8.15. The second-order valence-corrected chi connectivity index (χ2v) is 6.60. The topological polar surface area (TPSA) is 52.6 Å². The minimum absolute atomic E-state index is 0.0994. The molecule has 1 aliphatic rings. The van der Waals surface area contributed by atoms with Crippen LogP contribution in [0.25, 0.3) is 0 Å². The summed E-state index contributed by atoms with van der Waals surface area (Å²) in [6, 6.07) is 0.421. The highest BCUT2D eigenvalue weighted by Crippen LogP contribution is 2.16. The second-order valence-electron chi connectivity index (χ2n) is 6.60. The Bertz CT molecular complexity index is 282. The van der Waals surface area contributed by atoms with Crippen LogP contribution in [0.4, 0.5) is 0 Å². The third-order valence-electron chi connectivity index (χ3n) is 4.13. The molecule has 20 heavy (non-hydrogen) atoms. The highest BCUT2D eigenvalue weighted by atomic mass is 16.3. The lowest BCUT2D eigenvalue weighted by Gasteiger charge is -2.34. The molecule has 2 N–H and O–H groups in total. The standard InChI is InChI=1S/C16H32N2O2/c1-13(2)7-6-8-14(3)17-16(20)11-18-10-5-4-9-15(18)12-19/h13-15,19H,4-12H2,1-3H3,(H,17,20)/t14?,15-/m1/s1. The van der Waals surface area contributed by atoms with Gasteiger partial charge in [0, 0.05) is 12.1 Å². The average Bonchev–Trinajstić information content (AvgIpc) is 2.38. The van der Waals surface area contributed by atoms with Crippen molar-refractivity contribution in [1.29, 1.82) is 0 Å². The zero-order valence-corrected chi connectivity index (χ0v) is 13.4. The Balaban J connectivity index is 2.24. The molecule has 118 valence electrons. The second kappa shape index (κ2) is 9.35. The van der Waals surface area contributed by atoms with Gasteiger partial charge in [-0.3, -0.25) is 9.69 Å². The number of carbonyl (C=O) groups is 1. The molecular weight excluding hydrogens is 252 g/mol. The summed E-state index contributed by atoms with van der Waals surface area (Å²) in [7, 11) is 0. The number of carbonyl (C=O) groups excluding carboxylic acids is 1. The van der Waals surface area contributed by atoms with Crippen LogP contribution in [0, 0.1) is 5.92 Å². The van der Waals surface area contributed by atoms with Gasteiger partial charge in [0.1, 0.15) is 0 Å². The monoisotopic (exact) mass is 284 g/mol. The minimum Gasteiger partial charge on any atom is -0.395 e. The van der Waals surface area contributed by atoms with Crippen molar-refractivity contribution in [3.8, 4) is 0 Å². The first-order valence-electron chi connectivity index (χ1n) is 8.17. The lowest BCUT2D eigenvalue weighted by atomic mass is 10.0. The highest BCUT2D eigenvalue weighted by Gasteiger charge is 2.23. The lowest BCUT2D eigenvalue weighted by Crippen LogP contribution is -2.48. The molecule has 1 amide bonds. The third kappa shape index (κ3) is 6.71. The third-order valence-corrected chi connectivity index (χ3v) is 4.13. The van der Waals surface area contributed by atoms with E-state index >= 15 is 0 Å². The van der Waals surface area contributed by atoms with Crippen LogP contribution in [-0.4, -0.2) is 47.7 Å². The van der Waals surface area contributed by atoms with Gasteiger partial charge >= 0.3 is 0 Å². The molecule has 0 aromatic carbocycles. The van der Waals surface area contributed by atoms with Crippen LogP contribution >= 0.6 is 0 Å². The van der Waals surface area contributed by atoms with E-state index < -0.39 is 0 Å². The summed E-state index contributed by atoms with van der Waals surface area (Å²) in [5, 5.41) is 12.4. The molecule has 0 radical (unpaired) electrons. The zero-order chi connectivity index (χ0) is 15.0. The van der Waals surface area contributed by atoms with E-state index in [1.807, 2.05) is 0 Å². The summed E-state index contributed by atoms with van der Waals surface area (Å²) in [6.45, 7) is 8.07. The molecule has 0 aromatic rings. The molecule has 0 bridgehead atoms. The van der Waals surface area contributed by atoms with Crippen LogP contribution in [0.2, 0.25) is 0 Å². The van der Waals surface area contributed by atoms with Crippen molar-refractivity contribution in [3.05, 3.63) is 0 Å². The van der Waals surface area contributed by atoms with Crippen molar-refractivity contribution in [2.24, 2.45) is 5.92 Å². The minimum atomic E-state index is 0.0994. The lowest BCUT2D eigenvalue weighted by molar-refractivity contribution is -0.124. The molecule has 1 aliphatic heterocycles. The van der Waals surface area contributed by atoms with Crippen molar-refractivity contribution in [2.75, 3.05) is 19.7 Å². The van der Waals surface area contributed by atoms with Crippen molar-refractivity contribution in [1.82, 2.24) is 10.2 Å². The fourth-order valence-corrected chi connectivity index (χ4v) is 2.88. The molecule has 1 heterocycles. The van der Waals surface area contributed by atoms with E-state index in [-0.39, 0.29) is 24.6 Å². The van der Waals surface area contributed by atoms with Crippen molar-refractivity contribution in [2.45, 2.75) is 71.4 Å². The number of rotatable bonds is 8. The zero-order valence-electron chi connectivity index (χ0n) is 13.4. The molecular formula is C16H32N2O2. The molecule has 1 saturated heterocycles. The Labute approximate surface area is 123 Å². The number of aliphatic hydroxyl groups is 1. The van der Waals surface area contributed by atoms with Gasteiger partial charge in [-0.15, -0.1) is 0 Å². The van der Waals surface area contributed by atoms with Crippen LogP contribution in [0.3, 0.4) is 0 Å². The predicted octanol–water partition coefficient (Wildman–Crippen LogP) is 2.16. The van der Waals surface area contributed by atoms with Crippen molar-refractivity contribution < 1.29 is 9.90 Å². The Morgan fingerprint density at radius 2 is 2.05 bits per heavy atom. The quantitative estimate of drug-likeness (QED) is 0.718. The molecule has 0 aromatic heterocycles. The van der Waals surface area contributed by atoms with Gasteiger partial charge in [0.15, 0.2) is 0 Å². The van der Waals surface area contributed by atoms with E-state index in [1.54, 1.807) is 0 Å². The fraction of sp³-hybridized carbons (Fsp3) is 0.938. The van der Waals surface area contributed by atoms with E-state index in [0.717, 1.165) is 38.1 Å². The number of piperidine rings is 1. The summed E-state index contributed by atoms with van der Waals surface area (Å²) >= 11 is 0. The summed E-state index contributed by atoms with van der Waals surface area (Å²) in [5.74, 6) is 0.832. The number of hydrogen-bond donors (Lipinski definition) is 2. The molecule has 0 aliphatic carbocycles. The van der Waals surface area contributed by atoms with Crippen molar-refractivity contribution >= 4 is 5.91 Å². The summed E-state index contributed by atoms with van der Waals surface area (Å²) < 4.78 is 0. The van der Waals surface area contributed by atoms with Gasteiger partial charge in [0.2, 0.25) is 5.91 Å². The number of likely N-dealkylation sites (tertiary alicyclic amines) is 1. The molecule has 1 unspecified atom stereocenters. The molecule has 1 rings (SSSR count). The number of amides is 1. The van der Waals surface area contributed by atoms with Gasteiger partial charge in [0.05, 0.1) is 13.2 Å². The first-order chi connectivity index (χ1) is 9.52. The van der Waals surface area contributed by atoms with E-state index in [0.29, 0.717) is 6.54 Å². The van der Waals surface area contributed by atoms with Crippen LogP contribution in [0.15, 0.2) is 0 Å². The SMILES string of the molecule is CC(C)CCCC(C)NC(=O)CN1CCCC[C@@H]1CO. The van der Waals surface area contributed by atoms with E-state index in [4.69, 9.17) is 0 Å². The maximum atomic E-state index is 12.0. The first kappa shape index (κ1) is 17.4. The first-order valence-corrected chi connectivity index (χ1v) is 8.17. The van der Waals surface area contributed by atoms with Gasteiger partial charge in [-0.05, 0) is 38.6 Å². The molecule has 2 atom stereocenters. The molecule has 0 saturated carbocycles. The number of aliphatic hydroxyl groups excluding tert-OH is 1. The van der Waals surface area contributed by atoms with Gasteiger partial charge in [-0.25, -0.2) is 0 Å². The Hall–Kier alpha value is -0.610. The van der Waals surface area contributed by atoms with Crippen LogP contribution < -0.4 is 5.32 Å². The molecule has 4 nitrogen and oxygen atoms in total. The van der Waals surface area contributed by atoms with E-state index in [9.17, 15) is 9.90 Å². The van der Waals surface area contributed by atoms with E-state index in [1.165, 1.54) is 12.8 Å². The maximum Gasteiger partial charge on any atom is 0.234 e. The van der Waals surface area contributed by atoms with Crippen LogP contribution in [0.1, 0.15) is 59.3 Å². The van der Waals surface area contributed by atoms with Gasteiger partial charge < -0.3 is 10.4 Å². The summed E-state index contributed by atoms with van der Waals surface area (Å²) in [6.07, 6.45) is 6.74. The Morgan fingerprint density at radius 1 is 1.30 bits per heavy atom. The fourth-order valence-electron chi connectivity index (χ4n) is 2.88. The van der Waals surface area contributed by atoms with Gasteiger partial charge in [-0.1, -0.05) is 33.1 Å². The predicted molar refractivity (Wildman–Crippen MR) is 82.6 cm³/mol. The Morgan fingerprint density at radius 3 is 2.70 bits per heavy atom. The molecule has 4 heteroatoms. The average molecular weight is 284 g/mol. The molecule has 1 fully saturated rings. The smallest absolute Gasteiger partial charge is 0.234 e. The van der Waals surface area contributed by atoms with Crippen molar-refractivity contribution in [3.63, 3.8) is 0 Å². The highest BCUT2D eigenvalue weighted by molar-refractivity contribution is 5.78. The molecule has 0 spiro atoms. The number of hydrogen-bond acceptors (Lipinski definition) is 3. The van der Waals surface area contributed by atoms with Gasteiger partial charge in [-0.2, -0.15) is 0 Å². The van der Waals surface area contributed by atoms with Crippen LogP contribution in [0.5, 0.6) is 0 Å².